The summed E-state index contributed by atoms with van der Waals surface area (Å²) < 4.78 is 5.15. The summed E-state index contributed by atoms with van der Waals surface area (Å²) in [5.74, 6) is 1.63. The molecule has 2 N–H and O–H groups in total. The van der Waals surface area contributed by atoms with Crippen molar-refractivity contribution in [2.45, 2.75) is 31.7 Å². The largest absolute Gasteiger partial charge is 0.481 e. The van der Waals surface area contributed by atoms with Gasteiger partial charge in [0, 0.05) is 50.4 Å². The van der Waals surface area contributed by atoms with Gasteiger partial charge in [-0.1, -0.05) is 0 Å². The third-order valence-electron chi connectivity index (χ3n) is 4.89. The smallest absolute Gasteiger partial charge is 0.228 e. The number of nitrogens with zero attached hydrogens (tertiary/aromatic N) is 4. The van der Waals surface area contributed by atoms with Crippen molar-refractivity contribution in [3.63, 3.8) is 0 Å². The number of carbonyl (C=O) groups excluding carboxylic acids is 1. The Hall–Kier alpha value is -1.89. The quantitative estimate of drug-likeness (QED) is 0.877. The Morgan fingerprint density at radius 1 is 1.35 bits per heavy atom. The molecule has 1 aromatic heterocycles. The molecule has 0 aromatic carbocycles. The molecule has 3 heterocycles. The van der Waals surface area contributed by atoms with Gasteiger partial charge in [-0.3, -0.25) is 4.79 Å². The summed E-state index contributed by atoms with van der Waals surface area (Å²) in [4.78, 5) is 25.5. The van der Waals surface area contributed by atoms with E-state index in [4.69, 9.17) is 10.5 Å². The number of piperidine rings is 1. The first kappa shape index (κ1) is 16.0. The van der Waals surface area contributed by atoms with Gasteiger partial charge in [0.1, 0.15) is 0 Å². The van der Waals surface area contributed by atoms with Gasteiger partial charge in [0.05, 0.1) is 7.11 Å². The van der Waals surface area contributed by atoms with Gasteiger partial charge in [-0.25, -0.2) is 4.98 Å². The molecular weight excluding hydrogens is 294 g/mol. The number of methoxy groups -OCH3 is 1. The van der Waals surface area contributed by atoms with E-state index in [0.29, 0.717) is 18.4 Å². The predicted molar refractivity (Wildman–Crippen MR) is 87.3 cm³/mol. The molecule has 1 aromatic rings. The Labute approximate surface area is 136 Å². The molecule has 7 nitrogen and oxygen atoms in total. The highest BCUT2D eigenvalue weighted by Crippen LogP contribution is 2.26. The molecule has 23 heavy (non-hydrogen) atoms. The third kappa shape index (κ3) is 3.39. The molecule has 7 heteroatoms. The van der Waals surface area contributed by atoms with Crippen LogP contribution in [0.3, 0.4) is 0 Å². The lowest BCUT2D eigenvalue weighted by Crippen LogP contribution is -2.46. The van der Waals surface area contributed by atoms with Crippen LogP contribution in [0, 0.1) is 5.92 Å². The van der Waals surface area contributed by atoms with Crippen molar-refractivity contribution < 1.29 is 9.53 Å². The van der Waals surface area contributed by atoms with E-state index < -0.39 is 0 Å². The fourth-order valence-corrected chi connectivity index (χ4v) is 3.53. The standard InChI is InChI=1S/C16H25N5O2/c1-23-14-4-7-18-16(19-14)20-9-5-12(6-10-20)15(22)21-8-2-3-13(21)11-17/h4,7,12-13H,2-3,5-6,8-11,17H2,1H3/t13-/m1/s1. The average Bonchev–Trinajstić information content (AvgIpc) is 3.10. The first-order valence-electron chi connectivity index (χ1n) is 8.35. The summed E-state index contributed by atoms with van der Waals surface area (Å²) in [6.45, 7) is 3.03. The highest BCUT2D eigenvalue weighted by atomic mass is 16.5. The van der Waals surface area contributed by atoms with Crippen LogP contribution in [0.5, 0.6) is 5.88 Å². The van der Waals surface area contributed by atoms with Crippen molar-refractivity contribution in [1.82, 2.24) is 14.9 Å². The molecule has 2 aliphatic rings. The first-order chi connectivity index (χ1) is 11.2. The third-order valence-corrected chi connectivity index (χ3v) is 4.89. The summed E-state index contributed by atoms with van der Waals surface area (Å²) in [7, 11) is 1.60. The summed E-state index contributed by atoms with van der Waals surface area (Å²) in [5, 5.41) is 0. The van der Waals surface area contributed by atoms with Gasteiger partial charge in [-0.15, -0.1) is 0 Å². The van der Waals surface area contributed by atoms with Crippen molar-refractivity contribution in [2.75, 3.05) is 38.2 Å². The van der Waals surface area contributed by atoms with E-state index in [9.17, 15) is 4.79 Å². The molecule has 0 radical (unpaired) electrons. The molecule has 0 saturated carbocycles. The maximum atomic E-state index is 12.7. The second kappa shape index (κ2) is 7.12. The number of carbonyl (C=O) groups is 1. The number of amides is 1. The molecule has 1 atom stereocenters. The minimum Gasteiger partial charge on any atom is -0.481 e. The van der Waals surface area contributed by atoms with Gasteiger partial charge in [-0.2, -0.15) is 4.98 Å². The normalized spacial score (nSPS) is 22.4. The second-order valence-electron chi connectivity index (χ2n) is 6.22. The zero-order valence-corrected chi connectivity index (χ0v) is 13.6. The first-order valence-corrected chi connectivity index (χ1v) is 8.35. The summed E-state index contributed by atoms with van der Waals surface area (Å²) in [6, 6.07) is 1.97. The van der Waals surface area contributed by atoms with Crippen LogP contribution >= 0.6 is 0 Å². The summed E-state index contributed by atoms with van der Waals surface area (Å²) >= 11 is 0. The molecule has 3 rings (SSSR count). The second-order valence-corrected chi connectivity index (χ2v) is 6.22. The van der Waals surface area contributed by atoms with Crippen LogP contribution in [0.2, 0.25) is 0 Å². The van der Waals surface area contributed by atoms with Crippen LogP contribution in [0.25, 0.3) is 0 Å². The van der Waals surface area contributed by atoms with Crippen LogP contribution < -0.4 is 15.4 Å². The lowest BCUT2D eigenvalue weighted by molar-refractivity contribution is -0.136. The molecule has 2 fully saturated rings. The number of nitrogens with two attached hydrogens (primary N) is 1. The fraction of sp³-hybridized carbons (Fsp3) is 0.688. The fourth-order valence-electron chi connectivity index (χ4n) is 3.53. The van der Waals surface area contributed by atoms with Crippen LogP contribution in [-0.4, -0.2) is 60.1 Å². The van der Waals surface area contributed by atoms with Crippen LogP contribution in [0.1, 0.15) is 25.7 Å². The Balaban J connectivity index is 1.58. The van der Waals surface area contributed by atoms with Gasteiger partial charge >= 0.3 is 0 Å². The molecule has 0 bridgehead atoms. The molecule has 2 aliphatic heterocycles. The zero-order chi connectivity index (χ0) is 16.2. The topological polar surface area (TPSA) is 84.6 Å². The Morgan fingerprint density at radius 2 is 2.13 bits per heavy atom. The van der Waals surface area contributed by atoms with E-state index in [1.165, 1.54) is 0 Å². The number of hydrogen-bond donors (Lipinski definition) is 1. The number of ether oxygens (including phenoxy) is 1. The van der Waals surface area contributed by atoms with Crippen molar-refractivity contribution in [2.24, 2.45) is 11.7 Å². The number of rotatable bonds is 4. The van der Waals surface area contributed by atoms with Gasteiger partial charge in [-0.05, 0) is 25.7 Å². The number of hydrogen-bond acceptors (Lipinski definition) is 6. The van der Waals surface area contributed by atoms with Crippen molar-refractivity contribution >= 4 is 11.9 Å². The van der Waals surface area contributed by atoms with Gasteiger partial charge in [0.2, 0.25) is 17.7 Å². The van der Waals surface area contributed by atoms with E-state index in [1.54, 1.807) is 19.4 Å². The Morgan fingerprint density at radius 3 is 2.83 bits per heavy atom. The van der Waals surface area contributed by atoms with Crippen LogP contribution in [0.4, 0.5) is 5.95 Å². The van der Waals surface area contributed by atoms with Crippen molar-refractivity contribution in [1.29, 1.82) is 0 Å². The number of aromatic nitrogens is 2. The zero-order valence-electron chi connectivity index (χ0n) is 13.6. The molecule has 1 amide bonds. The van der Waals surface area contributed by atoms with Crippen LogP contribution in [-0.2, 0) is 4.79 Å². The Kier molecular flexibility index (Phi) is 4.95. The van der Waals surface area contributed by atoms with E-state index in [1.807, 2.05) is 4.90 Å². The van der Waals surface area contributed by atoms with E-state index >= 15 is 0 Å². The molecule has 0 aliphatic carbocycles. The van der Waals surface area contributed by atoms with Gasteiger partial charge < -0.3 is 20.3 Å². The monoisotopic (exact) mass is 319 g/mol. The molecule has 0 unspecified atom stereocenters. The number of anilines is 1. The van der Waals surface area contributed by atoms with Crippen molar-refractivity contribution in [3.8, 4) is 5.88 Å². The maximum absolute atomic E-state index is 12.7. The average molecular weight is 319 g/mol. The minimum atomic E-state index is 0.101. The summed E-state index contributed by atoms with van der Waals surface area (Å²) in [6.07, 6.45) is 5.50. The lowest BCUT2D eigenvalue weighted by Gasteiger charge is -2.34. The van der Waals surface area contributed by atoms with Crippen LogP contribution in [0.15, 0.2) is 12.3 Å². The predicted octanol–water partition coefficient (Wildman–Crippen LogP) is 0.651. The van der Waals surface area contributed by atoms with Crippen molar-refractivity contribution in [3.05, 3.63) is 12.3 Å². The Bertz CT molecular complexity index is 545. The minimum absolute atomic E-state index is 0.101. The van der Waals surface area contributed by atoms with E-state index in [-0.39, 0.29) is 17.9 Å². The maximum Gasteiger partial charge on any atom is 0.228 e. The van der Waals surface area contributed by atoms with Gasteiger partial charge in [0.25, 0.3) is 0 Å². The lowest BCUT2D eigenvalue weighted by atomic mass is 9.95. The SMILES string of the molecule is COc1ccnc(N2CCC(C(=O)N3CCC[C@@H]3CN)CC2)n1. The highest BCUT2D eigenvalue weighted by molar-refractivity contribution is 5.79. The molecule has 126 valence electrons. The molecule has 0 spiro atoms. The summed E-state index contributed by atoms with van der Waals surface area (Å²) in [5.41, 5.74) is 5.79. The number of likely N-dealkylation sites (tertiary alicyclic amines) is 1. The van der Waals surface area contributed by atoms with E-state index in [0.717, 1.165) is 45.3 Å². The molecule has 2 saturated heterocycles. The highest BCUT2D eigenvalue weighted by Gasteiger charge is 2.34. The van der Waals surface area contributed by atoms with E-state index in [2.05, 4.69) is 14.9 Å². The van der Waals surface area contributed by atoms with Gasteiger partial charge in [0.15, 0.2) is 0 Å². The molecular formula is C16H25N5O2.